The topological polar surface area (TPSA) is 94.2 Å². The Kier molecular flexibility index (Phi) is 4.26. The van der Waals surface area contributed by atoms with Gasteiger partial charge >= 0.3 is 0 Å². The smallest absolute Gasteiger partial charge is 0.285 e. The summed E-state index contributed by atoms with van der Waals surface area (Å²) in [5.74, 6) is -0.374. The zero-order valence-corrected chi connectivity index (χ0v) is 11.1. The maximum atomic E-state index is 11.7. The van der Waals surface area contributed by atoms with Crippen LogP contribution >= 0.6 is 11.3 Å². The van der Waals surface area contributed by atoms with Crippen molar-refractivity contribution in [1.82, 2.24) is 9.88 Å². The van der Waals surface area contributed by atoms with Crippen molar-refractivity contribution in [2.45, 2.75) is 13.1 Å². The molecule has 0 saturated carbocycles. The zero-order valence-electron chi connectivity index (χ0n) is 10.3. The van der Waals surface area contributed by atoms with Gasteiger partial charge in [-0.25, -0.2) is 0 Å². The third-order valence-corrected chi connectivity index (χ3v) is 3.41. The van der Waals surface area contributed by atoms with Crippen LogP contribution in [0, 0.1) is 10.1 Å². The van der Waals surface area contributed by atoms with Crippen LogP contribution in [0.1, 0.15) is 4.88 Å². The summed E-state index contributed by atoms with van der Waals surface area (Å²) in [6.07, 6.45) is 1.06. The SMILES string of the molecule is O=C(Cn1cc([N+](=O)[O-])ccc1=O)NCc1cccs1. The second-order valence-electron chi connectivity index (χ2n) is 3.97. The van der Waals surface area contributed by atoms with E-state index in [0.29, 0.717) is 6.54 Å². The first-order valence-corrected chi connectivity index (χ1v) is 6.58. The van der Waals surface area contributed by atoms with Crippen molar-refractivity contribution >= 4 is 22.9 Å². The number of carbonyl (C=O) groups is 1. The Labute approximate surface area is 117 Å². The monoisotopic (exact) mass is 293 g/mol. The number of nitro groups is 1. The van der Waals surface area contributed by atoms with E-state index in [0.717, 1.165) is 27.8 Å². The molecule has 0 bridgehead atoms. The number of rotatable bonds is 5. The van der Waals surface area contributed by atoms with Crippen LogP contribution in [-0.2, 0) is 17.9 Å². The minimum absolute atomic E-state index is 0.226. The van der Waals surface area contributed by atoms with E-state index in [9.17, 15) is 19.7 Å². The van der Waals surface area contributed by atoms with E-state index in [1.807, 2.05) is 17.5 Å². The summed E-state index contributed by atoms with van der Waals surface area (Å²) in [6, 6.07) is 5.94. The van der Waals surface area contributed by atoms with Gasteiger partial charge in [0.2, 0.25) is 5.91 Å². The van der Waals surface area contributed by atoms with Crippen molar-refractivity contribution in [2.24, 2.45) is 0 Å². The first kappa shape index (κ1) is 13.9. The highest BCUT2D eigenvalue weighted by molar-refractivity contribution is 7.09. The molecule has 0 aliphatic heterocycles. The van der Waals surface area contributed by atoms with Gasteiger partial charge in [-0.05, 0) is 11.4 Å². The van der Waals surface area contributed by atoms with E-state index in [4.69, 9.17) is 0 Å². The molecule has 0 unspecified atom stereocenters. The molecule has 0 radical (unpaired) electrons. The number of hydrogen-bond donors (Lipinski definition) is 1. The van der Waals surface area contributed by atoms with Gasteiger partial charge in [0.25, 0.3) is 11.2 Å². The number of amides is 1. The summed E-state index contributed by atoms with van der Waals surface area (Å²) in [6.45, 7) is 0.131. The molecule has 8 heteroatoms. The Morgan fingerprint density at radius 3 is 2.85 bits per heavy atom. The van der Waals surface area contributed by atoms with E-state index in [-0.39, 0.29) is 18.1 Å². The number of thiophene rings is 1. The van der Waals surface area contributed by atoms with Gasteiger partial charge in [-0.3, -0.25) is 24.3 Å². The summed E-state index contributed by atoms with van der Waals surface area (Å²) in [5, 5.41) is 15.2. The quantitative estimate of drug-likeness (QED) is 0.660. The second kappa shape index (κ2) is 6.11. The maximum absolute atomic E-state index is 11.7. The lowest BCUT2D eigenvalue weighted by Gasteiger charge is -2.06. The molecule has 2 aromatic rings. The molecule has 0 aliphatic carbocycles. The molecule has 7 nitrogen and oxygen atoms in total. The molecule has 0 aliphatic rings. The van der Waals surface area contributed by atoms with E-state index >= 15 is 0 Å². The largest absolute Gasteiger partial charge is 0.350 e. The van der Waals surface area contributed by atoms with Crippen LogP contribution in [0.2, 0.25) is 0 Å². The molecule has 0 atom stereocenters. The minimum atomic E-state index is -0.612. The Morgan fingerprint density at radius 1 is 1.40 bits per heavy atom. The molecule has 0 saturated heterocycles. The number of hydrogen-bond acceptors (Lipinski definition) is 5. The van der Waals surface area contributed by atoms with Crippen molar-refractivity contribution in [3.63, 3.8) is 0 Å². The van der Waals surface area contributed by atoms with E-state index in [1.165, 1.54) is 11.3 Å². The van der Waals surface area contributed by atoms with Gasteiger partial charge in [0, 0.05) is 17.0 Å². The van der Waals surface area contributed by atoms with Crippen molar-refractivity contribution in [1.29, 1.82) is 0 Å². The lowest BCUT2D eigenvalue weighted by atomic mass is 10.4. The number of nitrogens with zero attached hydrogens (tertiary/aromatic N) is 2. The number of nitrogens with one attached hydrogen (secondary N) is 1. The molecule has 1 amide bonds. The van der Waals surface area contributed by atoms with Gasteiger partial charge < -0.3 is 5.32 Å². The van der Waals surface area contributed by atoms with Crippen molar-refractivity contribution < 1.29 is 9.72 Å². The number of aromatic nitrogens is 1. The lowest BCUT2D eigenvalue weighted by Crippen LogP contribution is -2.31. The van der Waals surface area contributed by atoms with Crippen LogP contribution < -0.4 is 10.9 Å². The van der Waals surface area contributed by atoms with Crippen molar-refractivity contribution in [3.05, 3.63) is 61.2 Å². The van der Waals surface area contributed by atoms with Gasteiger partial charge in [-0.15, -0.1) is 11.3 Å². The molecule has 1 N–H and O–H groups in total. The minimum Gasteiger partial charge on any atom is -0.350 e. The van der Waals surface area contributed by atoms with Crippen molar-refractivity contribution in [2.75, 3.05) is 0 Å². The average molecular weight is 293 g/mol. The van der Waals surface area contributed by atoms with Crippen molar-refractivity contribution in [3.8, 4) is 0 Å². The predicted octanol–water partition coefficient (Wildman–Crippen LogP) is 1.13. The Hall–Kier alpha value is -2.48. The van der Waals surface area contributed by atoms with Gasteiger partial charge in [-0.2, -0.15) is 0 Å². The molecule has 0 aromatic carbocycles. The summed E-state index contributed by atoms with van der Waals surface area (Å²) in [4.78, 5) is 34.2. The van der Waals surface area contributed by atoms with Crippen LogP contribution in [0.25, 0.3) is 0 Å². The van der Waals surface area contributed by atoms with Gasteiger partial charge in [0.1, 0.15) is 6.54 Å². The highest BCUT2D eigenvalue weighted by atomic mass is 32.1. The molecule has 20 heavy (non-hydrogen) atoms. The lowest BCUT2D eigenvalue weighted by molar-refractivity contribution is -0.385. The van der Waals surface area contributed by atoms with E-state index in [1.54, 1.807) is 0 Å². The highest BCUT2D eigenvalue weighted by Gasteiger charge is 2.10. The zero-order chi connectivity index (χ0) is 14.5. The Bertz CT molecular complexity index is 678. The predicted molar refractivity (Wildman–Crippen MR) is 73.5 cm³/mol. The van der Waals surface area contributed by atoms with Crippen LogP contribution in [0.15, 0.2) is 40.6 Å². The molecule has 104 valence electrons. The standard InChI is InChI=1S/C12H11N3O4S/c16-11(13-6-10-2-1-5-20-10)8-14-7-9(15(18)19)3-4-12(14)17/h1-5,7H,6,8H2,(H,13,16). The van der Waals surface area contributed by atoms with Gasteiger partial charge in [0.05, 0.1) is 17.7 Å². The summed E-state index contributed by atoms with van der Waals surface area (Å²) in [7, 11) is 0. The maximum Gasteiger partial charge on any atom is 0.285 e. The fourth-order valence-electron chi connectivity index (χ4n) is 1.56. The molecule has 0 spiro atoms. The van der Waals surface area contributed by atoms with Crippen LogP contribution in [0.3, 0.4) is 0 Å². The number of pyridine rings is 1. The fourth-order valence-corrected chi connectivity index (χ4v) is 2.20. The van der Waals surface area contributed by atoms with Crippen LogP contribution in [0.4, 0.5) is 5.69 Å². The third-order valence-electron chi connectivity index (χ3n) is 2.53. The second-order valence-corrected chi connectivity index (χ2v) is 5.00. The molecular weight excluding hydrogens is 282 g/mol. The summed E-state index contributed by atoms with van der Waals surface area (Å²) >= 11 is 1.51. The first-order chi connectivity index (χ1) is 9.56. The van der Waals surface area contributed by atoms with E-state index < -0.39 is 10.5 Å². The van der Waals surface area contributed by atoms with Gasteiger partial charge in [-0.1, -0.05) is 6.07 Å². The third kappa shape index (κ3) is 3.51. The summed E-state index contributed by atoms with van der Waals surface area (Å²) in [5.41, 5.74) is -0.683. The molecule has 2 rings (SSSR count). The van der Waals surface area contributed by atoms with Gasteiger partial charge in [0.15, 0.2) is 0 Å². The van der Waals surface area contributed by atoms with E-state index in [2.05, 4.69) is 5.32 Å². The Balaban J connectivity index is 2.02. The fraction of sp³-hybridized carbons (Fsp3) is 0.167. The molecule has 0 fully saturated rings. The molecular formula is C12H11N3O4S. The van der Waals surface area contributed by atoms with Crippen LogP contribution in [-0.4, -0.2) is 15.4 Å². The number of carbonyl (C=O) groups excluding carboxylic acids is 1. The average Bonchev–Trinajstić information content (AvgIpc) is 2.92. The van der Waals surface area contributed by atoms with Crippen LogP contribution in [0.5, 0.6) is 0 Å². The molecule has 2 heterocycles. The Morgan fingerprint density at radius 2 is 2.20 bits per heavy atom. The molecule has 2 aromatic heterocycles. The highest BCUT2D eigenvalue weighted by Crippen LogP contribution is 2.08. The first-order valence-electron chi connectivity index (χ1n) is 5.70. The normalized spacial score (nSPS) is 10.2. The summed E-state index contributed by atoms with van der Waals surface area (Å²) < 4.78 is 1.02.